The topological polar surface area (TPSA) is 25.4 Å². The summed E-state index contributed by atoms with van der Waals surface area (Å²) in [6.45, 7) is 1.16. The normalized spacial score (nSPS) is 12.5. The molecule has 15 heavy (non-hydrogen) atoms. The monoisotopic (exact) mass is 248 g/mol. The second kappa shape index (κ2) is 6.16. The summed E-state index contributed by atoms with van der Waals surface area (Å²) in [5.74, 6) is 0.737. The Labute approximate surface area is 100.0 Å². The lowest BCUT2D eigenvalue weighted by Crippen LogP contribution is -2.29. The van der Waals surface area contributed by atoms with E-state index < -0.39 is 0 Å². The van der Waals surface area contributed by atoms with Gasteiger partial charge in [0.25, 0.3) is 0 Å². The maximum atomic E-state index is 6.04. The van der Waals surface area contributed by atoms with Crippen LogP contribution in [0.3, 0.4) is 0 Å². The van der Waals surface area contributed by atoms with Crippen molar-refractivity contribution in [3.05, 3.63) is 23.4 Å². The molecule has 0 radical (unpaired) electrons. The summed E-state index contributed by atoms with van der Waals surface area (Å²) >= 11 is 12.0. The minimum Gasteiger partial charge on any atom is -0.383 e. The van der Waals surface area contributed by atoms with Crippen LogP contribution in [0.25, 0.3) is 0 Å². The molecule has 0 aliphatic heterocycles. The third-order valence-electron chi connectivity index (χ3n) is 1.92. The van der Waals surface area contributed by atoms with Crippen LogP contribution in [0.15, 0.2) is 18.3 Å². The standard InChI is InChI=1S/C10H14Cl2N2O/c1-14(6-8(11)7-15-2)10-9(12)4-3-5-13-10/h3-5,8H,6-7H2,1-2H3. The molecule has 0 saturated carbocycles. The zero-order valence-corrected chi connectivity index (χ0v) is 10.3. The van der Waals surface area contributed by atoms with Crippen molar-refractivity contribution < 1.29 is 4.74 Å². The van der Waals surface area contributed by atoms with Crippen LogP contribution in [0.2, 0.25) is 5.02 Å². The third-order valence-corrected chi connectivity index (χ3v) is 2.48. The largest absolute Gasteiger partial charge is 0.383 e. The molecule has 0 fully saturated rings. The molecular formula is C10H14Cl2N2O. The zero-order chi connectivity index (χ0) is 11.3. The van der Waals surface area contributed by atoms with Gasteiger partial charge in [-0.2, -0.15) is 0 Å². The quantitative estimate of drug-likeness (QED) is 0.749. The summed E-state index contributed by atoms with van der Waals surface area (Å²) in [5, 5.41) is 0.555. The van der Waals surface area contributed by atoms with E-state index in [1.165, 1.54) is 0 Å². The fraction of sp³-hybridized carbons (Fsp3) is 0.500. The molecule has 0 amide bonds. The molecule has 1 aromatic rings. The molecule has 0 aliphatic rings. The van der Waals surface area contributed by atoms with Crippen molar-refractivity contribution in [2.75, 3.05) is 32.2 Å². The number of pyridine rings is 1. The number of alkyl halides is 1. The molecule has 0 saturated heterocycles. The van der Waals surface area contributed by atoms with Gasteiger partial charge in [0.05, 0.1) is 17.0 Å². The number of nitrogens with zero attached hydrogens (tertiary/aromatic N) is 2. The van der Waals surface area contributed by atoms with Gasteiger partial charge in [0.15, 0.2) is 0 Å². The number of rotatable bonds is 5. The number of anilines is 1. The van der Waals surface area contributed by atoms with Crippen molar-refractivity contribution >= 4 is 29.0 Å². The second-order valence-electron chi connectivity index (χ2n) is 3.24. The van der Waals surface area contributed by atoms with E-state index in [0.717, 1.165) is 5.82 Å². The fourth-order valence-corrected chi connectivity index (χ4v) is 1.87. The van der Waals surface area contributed by atoms with Crippen molar-refractivity contribution in [1.82, 2.24) is 4.98 Å². The average molecular weight is 249 g/mol. The van der Waals surface area contributed by atoms with E-state index >= 15 is 0 Å². The minimum atomic E-state index is -0.0712. The van der Waals surface area contributed by atoms with Gasteiger partial charge in [-0.3, -0.25) is 0 Å². The first-order valence-electron chi connectivity index (χ1n) is 4.59. The van der Waals surface area contributed by atoms with Crippen LogP contribution in [0, 0.1) is 0 Å². The van der Waals surface area contributed by atoms with Gasteiger partial charge >= 0.3 is 0 Å². The van der Waals surface area contributed by atoms with E-state index in [9.17, 15) is 0 Å². The van der Waals surface area contributed by atoms with Gasteiger partial charge in [-0.15, -0.1) is 11.6 Å². The van der Waals surface area contributed by atoms with Gasteiger partial charge in [-0.1, -0.05) is 11.6 Å². The molecule has 1 heterocycles. The number of halogens is 2. The van der Waals surface area contributed by atoms with Crippen LogP contribution in [0.5, 0.6) is 0 Å². The summed E-state index contributed by atoms with van der Waals surface area (Å²) in [6, 6.07) is 3.60. The Hall–Kier alpha value is -0.510. The minimum absolute atomic E-state index is 0.0712. The van der Waals surface area contributed by atoms with Crippen LogP contribution in [0.1, 0.15) is 0 Å². The van der Waals surface area contributed by atoms with Crippen LogP contribution >= 0.6 is 23.2 Å². The van der Waals surface area contributed by atoms with Gasteiger partial charge in [0, 0.05) is 26.9 Å². The SMILES string of the molecule is COCC(Cl)CN(C)c1ncccc1Cl. The first-order chi connectivity index (χ1) is 7.15. The molecule has 1 atom stereocenters. The van der Waals surface area contributed by atoms with E-state index in [1.54, 1.807) is 25.4 Å². The number of ether oxygens (including phenoxy) is 1. The molecule has 0 aromatic carbocycles. The van der Waals surface area contributed by atoms with Gasteiger partial charge in [0.1, 0.15) is 5.82 Å². The van der Waals surface area contributed by atoms with E-state index in [0.29, 0.717) is 18.2 Å². The predicted octanol–water partition coefficient (Wildman–Crippen LogP) is 2.43. The Morgan fingerprint density at radius 1 is 1.60 bits per heavy atom. The fourth-order valence-electron chi connectivity index (χ4n) is 1.28. The second-order valence-corrected chi connectivity index (χ2v) is 4.27. The average Bonchev–Trinajstić information content (AvgIpc) is 2.18. The van der Waals surface area contributed by atoms with Gasteiger partial charge < -0.3 is 9.64 Å². The molecular weight excluding hydrogens is 235 g/mol. The van der Waals surface area contributed by atoms with Crippen LogP contribution in [-0.4, -0.2) is 37.7 Å². The third kappa shape index (κ3) is 3.86. The summed E-state index contributed by atoms with van der Waals surface area (Å²) in [5.41, 5.74) is 0. The molecule has 0 spiro atoms. The molecule has 0 aliphatic carbocycles. The summed E-state index contributed by atoms with van der Waals surface area (Å²) in [6.07, 6.45) is 1.71. The Morgan fingerprint density at radius 2 is 2.33 bits per heavy atom. The number of methoxy groups -OCH3 is 1. The van der Waals surface area contributed by atoms with Crippen molar-refractivity contribution in [3.8, 4) is 0 Å². The smallest absolute Gasteiger partial charge is 0.147 e. The van der Waals surface area contributed by atoms with E-state index in [2.05, 4.69) is 4.98 Å². The zero-order valence-electron chi connectivity index (χ0n) is 8.78. The molecule has 3 nitrogen and oxygen atoms in total. The van der Waals surface area contributed by atoms with Crippen LogP contribution in [0.4, 0.5) is 5.82 Å². The Kier molecular flexibility index (Phi) is 5.15. The van der Waals surface area contributed by atoms with Gasteiger partial charge in [-0.05, 0) is 12.1 Å². The molecule has 0 N–H and O–H groups in total. The maximum absolute atomic E-state index is 6.04. The molecule has 1 aromatic heterocycles. The lowest BCUT2D eigenvalue weighted by Gasteiger charge is -2.21. The highest BCUT2D eigenvalue weighted by molar-refractivity contribution is 6.32. The summed E-state index contributed by atoms with van der Waals surface area (Å²) in [4.78, 5) is 6.10. The molecule has 1 unspecified atom stereocenters. The Bertz CT molecular complexity index is 309. The number of aromatic nitrogens is 1. The van der Waals surface area contributed by atoms with Crippen molar-refractivity contribution in [3.63, 3.8) is 0 Å². The molecule has 1 rings (SSSR count). The highest BCUT2D eigenvalue weighted by atomic mass is 35.5. The Balaban J connectivity index is 2.61. The number of hydrogen-bond donors (Lipinski definition) is 0. The van der Waals surface area contributed by atoms with E-state index in [4.69, 9.17) is 27.9 Å². The van der Waals surface area contributed by atoms with Crippen molar-refractivity contribution in [2.45, 2.75) is 5.38 Å². The first-order valence-corrected chi connectivity index (χ1v) is 5.41. The van der Waals surface area contributed by atoms with Gasteiger partial charge in [-0.25, -0.2) is 4.98 Å². The van der Waals surface area contributed by atoms with Gasteiger partial charge in [0.2, 0.25) is 0 Å². The highest BCUT2D eigenvalue weighted by Gasteiger charge is 2.11. The van der Waals surface area contributed by atoms with Crippen molar-refractivity contribution in [2.24, 2.45) is 0 Å². The summed E-state index contributed by atoms with van der Waals surface area (Å²) in [7, 11) is 3.53. The van der Waals surface area contributed by atoms with Crippen LogP contribution < -0.4 is 4.90 Å². The predicted molar refractivity (Wildman–Crippen MR) is 64.0 cm³/mol. The summed E-state index contributed by atoms with van der Waals surface area (Å²) < 4.78 is 4.96. The maximum Gasteiger partial charge on any atom is 0.147 e. The highest BCUT2D eigenvalue weighted by Crippen LogP contribution is 2.21. The lowest BCUT2D eigenvalue weighted by atomic mass is 10.3. The lowest BCUT2D eigenvalue weighted by molar-refractivity contribution is 0.199. The van der Waals surface area contributed by atoms with E-state index in [-0.39, 0.29) is 5.38 Å². The number of hydrogen-bond acceptors (Lipinski definition) is 3. The first kappa shape index (κ1) is 12.6. The van der Waals surface area contributed by atoms with Crippen molar-refractivity contribution in [1.29, 1.82) is 0 Å². The van der Waals surface area contributed by atoms with E-state index in [1.807, 2.05) is 11.9 Å². The molecule has 84 valence electrons. The Morgan fingerprint density at radius 3 is 2.93 bits per heavy atom. The molecule has 5 heteroatoms. The van der Waals surface area contributed by atoms with Crippen LogP contribution in [-0.2, 0) is 4.74 Å². The molecule has 0 bridgehead atoms.